The average Bonchev–Trinajstić information content (AvgIpc) is 2.46. The van der Waals surface area contributed by atoms with E-state index in [0.717, 1.165) is 14.2 Å². The minimum atomic E-state index is -0.579. The van der Waals surface area contributed by atoms with Gasteiger partial charge in [-0.3, -0.25) is 4.79 Å². The van der Waals surface area contributed by atoms with Crippen LogP contribution < -0.4 is 5.32 Å². The number of aryl methyl sites for hydroxylation is 1. The van der Waals surface area contributed by atoms with Gasteiger partial charge in [-0.2, -0.15) is 0 Å². The van der Waals surface area contributed by atoms with E-state index in [0.29, 0.717) is 6.54 Å². The number of likely N-dealkylation sites (N-methyl/N-ethyl adjacent to an activating group) is 1. The zero-order valence-corrected chi connectivity index (χ0v) is 11.1. The van der Waals surface area contributed by atoms with Gasteiger partial charge in [0.25, 0.3) is 0 Å². The standard InChI is InChI=1S/C9H11BrClNOS/c1-3-12-9(13)8(11)7-4-6(10)5(2)14-7/h4,8H,3H2,1-2H3,(H,12,13). The lowest BCUT2D eigenvalue weighted by atomic mass is 10.3. The second-order valence-electron chi connectivity index (χ2n) is 2.81. The molecule has 5 heteroatoms. The zero-order chi connectivity index (χ0) is 10.7. The summed E-state index contributed by atoms with van der Waals surface area (Å²) in [6.45, 7) is 4.46. The molecule has 0 saturated carbocycles. The van der Waals surface area contributed by atoms with E-state index in [2.05, 4.69) is 21.2 Å². The Bertz CT molecular complexity index is 320. The molecule has 14 heavy (non-hydrogen) atoms. The minimum Gasteiger partial charge on any atom is -0.355 e. The molecule has 1 aromatic heterocycles. The van der Waals surface area contributed by atoms with Crippen molar-refractivity contribution in [2.24, 2.45) is 0 Å². The van der Waals surface area contributed by atoms with Crippen LogP contribution in [0.3, 0.4) is 0 Å². The SMILES string of the molecule is CCNC(=O)C(Cl)c1cc(Br)c(C)s1. The number of alkyl halides is 1. The molecule has 0 aliphatic carbocycles. The molecule has 1 amide bonds. The number of thiophene rings is 1. The van der Waals surface area contributed by atoms with Crippen molar-refractivity contribution in [2.75, 3.05) is 6.54 Å². The molecular weight excluding hydrogens is 286 g/mol. The molecule has 1 aromatic rings. The molecule has 0 fully saturated rings. The number of carbonyl (C=O) groups is 1. The van der Waals surface area contributed by atoms with Crippen molar-refractivity contribution in [3.8, 4) is 0 Å². The highest BCUT2D eigenvalue weighted by Crippen LogP contribution is 2.33. The van der Waals surface area contributed by atoms with E-state index in [-0.39, 0.29) is 5.91 Å². The summed E-state index contributed by atoms with van der Waals surface area (Å²) in [5.41, 5.74) is 0. The molecule has 0 bridgehead atoms. The van der Waals surface area contributed by atoms with Crippen LogP contribution in [0.2, 0.25) is 0 Å². The summed E-state index contributed by atoms with van der Waals surface area (Å²) < 4.78 is 1.01. The lowest BCUT2D eigenvalue weighted by Crippen LogP contribution is -2.26. The number of rotatable bonds is 3. The van der Waals surface area contributed by atoms with Gasteiger partial charge in [0.2, 0.25) is 5.91 Å². The summed E-state index contributed by atoms with van der Waals surface area (Å²) in [5, 5.41) is 2.11. The van der Waals surface area contributed by atoms with E-state index in [1.54, 1.807) is 0 Å². The van der Waals surface area contributed by atoms with Crippen molar-refractivity contribution in [1.29, 1.82) is 0 Å². The molecule has 0 saturated heterocycles. The van der Waals surface area contributed by atoms with Crippen LogP contribution in [-0.4, -0.2) is 12.5 Å². The molecule has 0 aromatic carbocycles. The summed E-state index contributed by atoms with van der Waals surface area (Å²) in [6, 6.07) is 1.90. The summed E-state index contributed by atoms with van der Waals surface area (Å²) >= 11 is 10.9. The Morgan fingerprint density at radius 3 is 2.86 bits per heavy atom. The maximum atomic E-state index is 11.4. The summed E-state index contributed by atoms with van der Waals surface area (Å²) in [6.07, 6.45) is 0. The van der Waals surface area contributed by atoms with E-state index in [4.69, 9.17) is 11.6 Å². The van der Waals surface area contributed by atoms with E-state index in [1.165, 1.54) is 11.3 Å². The molecule has 78 valence electrons. The van der Waals surface area contributed by atoms with Gasteiger partial charge in [-0.05, 0) is 35.8 Å². The Morgan fingerprint density at radius 1 is 1.79 bits per heavy atom. The first kappa shape index (κ1) is 12.0. The van der Waals surface area contributed by atoms with Crippen LogP contribution in [0.5, 0.6) is 0 Å². The van der Waals surface area contributed by atoms with Gasteiger partial charge in [0, 0.05) is 20.8 Å². The van der Waals surface area contributed by atoms with Gasteiger partial charge in [-0.1, -0.05) is 0 Å². The third-order valence-corrected chi connectivity index (χ3v) is 4.47. The van der Waals surface area contributed by atoms with Crippen molar-refractivity contribution in [2.45, 2.75) is 19.2 Å². The fourth-order valence-electron chi connectivity index (χ4n) is 0.999. The topological polar surface area (TPSA) is 29.1 Å². The third-order valence-electron chi connectivity index (χ3n) is 1.71. The van der Waals surface area contributed by atoms with E-state index in [1.807, 2.05) is 19.9 Å². The fourth-order valence-corrected chi connectivity index (χ4v) is 2.81. The van der Waals surface area contributed by atoms with Gasteiger partial charge in [-0.25, -0.2) is 0 Å². The summed E-state index contributed by atoms with van der Waals surface area (Å²) in [7, 11) is 0. The van der Waals surface area contributed by atoms with Gasteiger partial charge in [-0.15, -0.1) is 22.9 Å². The molecule has 1 heterocycles. The second kappa shape index (κ2) is 5.14. The van der Waals surface area contributed by atoms with Crippen LogP contribution in [0, 0.1) is 6.92 Å². The largest absolute Gasteiger partial charge is 0.355 e. The third kappa shape index (κ3) is 2.72. The van der Waals surface area contributed by atoms with Crippen molar-refractivity contribution in [1.82, 2.24) is 5.32 Å². The van der Waals surface area contributed by atoms with Crippen LogP contribution in [-0.2, 0) is 4.79 Å². The Morgan fingerprint density at radius 2 is 2.43 bits per heavy atom. The highest BCUT2D eigenvalue weighted by atomic mass is 79.9. The smallest absolute Gasteiger partial charge is 0.243 e. The molecule has 0 aliphatic rings. The summed E-state index contributed by atoms with van der Waals surface area (Å²) in [4.78, 5) is 13.4. The molecule has 0 aliphatic heterocycles. The van der Waals surface area contributed by atoms with Crippen molar-refractivity contribution < 1.29 is 4.79 Å². The number of carbonyl (C=O) groups excluding carboxylic acids is 1. The van der Waals surface area contributed by atoms with E-state index < -0.39 is 5.38 Å². The first-order valence-electron chi connectivity index (χ1n) is 4.23. The van der Waals surface area contributed by atoms with Crippen LogP contribution in [0.4, 0.5) is 0 Å². The lowest BCUT2D eigenvalue weighted by molar-refractivity contribution is -0.120. The average molecular weight is 297 g/mol. The van der Waals surface area contributed by atoms with Crippen LogP contribution in [0.1, 0.15) is 22.1 Å². The van der Waals surface area contributed by atoms with Gasteiger partial charge in [0.1, 0.15) is 5.38 Å². The maximum Gasteiger partial charge on any atom is 0.243 e. The number of halogens is 2. The monoisotopic (exact) mass is 295 g/mol. The van der Waals surface area contributed by atoms with Crippen molar-refractivity contribution >= 4 is 44.8 Å². The van der Waals surface area contributed by atoms with Crippen LogP contribution in [0.25, 0.3) is 0 Å². The highest BCUT2D eigenvalue weighted by Gasteiger charge is 2.19. The van der Waals surface area contributed by atoms with Crippen LogP contribution in [0.15, 0.2) is 10.5 Å². The second-order valence-corrected chi connectivity index (χ2v) is 5.39. The van der Waals surface area contributed by atoms with Crippen LogP contribution >= 0.6 is 38.9 Å². The van der Waals surface area contributed by atoms with E-state index in [9.17, 15) is 4.79 Å². The number of nitrogens with one attached hydrogen (secondary N) is 1. The summed E-state index contributed by atoms with van der Waals surface area (Å²) in [5.74, 6) is -0.136. The number of hydrogen-bond donors (Lipinski definition) is 1. The molecule has 1 N–H and O–H groups in total. The van der Waals surface area contributed by atoms with Crippen molar-refractivity contribution in [3.63, 3.8) is 0 Å². The van der Waals surface area contributed by atoms with Gasteiger partial charge in [0.05, 0.1) is 0 Å². The predicted octanol–water partition coefficient (Wildman–Crippen LogP) is 3.24. The maximum absolute atomic E-state index is 11.4. The quantitative estimate of drug-likeness (QED) is 0.853. The molecule has 0 radical (unpaired) electrons. The Labute approximate surface area is 101 Å². The Hall–Kier alpha value is -0.0600. The fraction of sp³-hybridized carbons (Fsp3) is 0.444. The first-order valence-corrected chi connectivity index (χ1v) is 6.28. The Balaban J connectivity index is 2.78. The number of hydrogen-bond acceptors (Lipinski definition) is 2. The molecule has 2 nitrogen and oxygen atoms in total. The van der Waals surface area contributed by atoms with Gasteiger partial charge >= 0.3 is 0 Å². The minimum absolute atomic E-state index is 0.136. The molecule has 1 rings (SSSR count). The molecule has 0 spiro atoms. The van der Waals surface area contributed by atoms with Crippen molar-refractivity contribution in [3.05, 3.63) is 20.3 Å². The Kier molecular flexibility index (Phi) is 4.41. The lowest BCUT2D eigenvalue weighted by Gasteiger charge is -2.06. The molecule has 1 atom stereocenters. The molecule has 1 unspecified atom stereocenters. The molecular formula is C9H11BrClNOS. The van der Waals surface area contributed by atoms with Gasteiger partial charge in [0.15, 0.2) is 0 Å². The normalized spacial score (nSPS) is 12.6. The number of amides is 1. The predicted molar refractivity (Wildman–Crippen MR) is 64.0 cm³/mol. The first-order chi connectivity index (χ1) is 6.56. The zero-order valence-electron chi connectivity index (χ0n) is 7.93. The van der Waals surface area contributed by atoms with E-state index >= 15 is 0 Å². The highest BCUT2D eigenvalue weighted by molar-refractivity contribution is 9.10. The van der Waals surface area contributed by atoms with Gasteiger partial charge < -0.3 is 5.32 Å².